The van der Waals surface area contributed by atoms with E-state index in [-0.39, 0.29) is 4.90 Å². The van der Waals surface area contributed by atoms with Gasteiger partial charge >= 0.3 is 0 Å². The summed E-state index contributed by atoms with van der Waals surface area (Å²) in [5.41, 5.74) is 0.805. The molecule has 20 heavy (non-hydrogen) atoms. The van der Waals surface area contributed by atoms with E-state index in [1.807, 2.05) is 0 Å². The molecule has 5 nitrogen and oxygen atoms in total. The number of fused-ring (bicyclic) bond motifs is 1. The summed E-state index contributed by atoms with van der Waals surface area (Å²) < 4.78 is 25.8. The van der Waals surface area contributed by atoms with Crippen LogP contribution in [0.15, 0.2) is 59.5 Å². The van der Waals surface area contributed by atoms with E-state index in [2.05, 4.69) is 0 Å². The molecule has 2 unspecified atom stereocenters. The molecule has 0 saturated heterocycles. The van der Waals surface area contributed by atoms with Gasteiger partial charge in [-0.15, -0.1) is 4.31 Å². The molecule has 3 rings (SSSR count). The maximum absolute atomic E-state index is 12.5. The van der Waals surface area contributed by atoms with Crippen LogP contribution in [-0.2, 0) is 10.0 Å². The standard InChI is InChI=1S/C14H13NO4S/c16-13-11-8-4-5-9-12(11)14(17)15(13)20(18,19)10-6-2-1-3-7-10/h1-9,13-14,16-17H. The van der Waals surface area contributed by atoms with Crippen LogP contribution in [0.4, 0.5) is 0 Å². The van der Waals surface area contributed by atoms with Crippen LogP contribution in [0.3, 0.4) is 0 Å². The molecule has 1 heterocycles. The minimum absolute atomic E-state index is 0.0332. The first kappa shape index (κ1) is 13.3. The summed E-state index contributed by atoms with van der Waals surface area (Å²) in [5.74, 6) is 0. The number of hydrogen-bond donors (Lipinski definition) is 2. The van der Waals surface area contributed by atoms with Gasteiger partial charge < -0.3 is 10.2 Å². The molecule has 0 radical (unpaired) electrons. The van der Waals surface area contributed by atoms with Crippen molar-refractivity contribution in [3.63, 3.8) is 0 Å². The smallest absolute Gasteiger partial charge is 0.248 e. The molecule has 0 bridgehead atoms. The lowest BCUT2D eigenvalue weighted by Crippen LogP contribution is -2.32. The van der Waals surface area contributed by atoms with E-state index in [0.717, 1.165) is 0 Å². The Balaban J connectivity index is 2.09. The molecule has 0 amide bonds. The van der Waals surface area contributed by atoms with Gasteiger partial charge in [0.2, 0.25) is 10.0 Å². The molecule has 0 aromatic heterocycles. The van der Waals surface area contributed by atoms with Crippen LogP contribution in [0, 0.1) is 0 Å². The van der Waals surface area contributed by atoms with Crippen LogP contribution in [0.25, 0.3) is 0 Å². The minimum atomic E-state index is -3.97. The van der Waals surface area contributed by atoms with Gasteiger partial charge in [0.25, 0.3) is 0 Å². The Hall–Kier alpha value is -1.73. The largest absolute Gasteiger partial charge is 0.373 e. The topological polar surface area (TPSA) is 77.8 Å². The third-order valence-corrected chi connectivity index (χ3v) is 5.18. The molecule has 2 aromatic rings. The van der Waals surface area contributed by atoms with Gasteiger partial charge in [0, 0.05) is 11.1 Å². The lowest BCUT2D eigenvalue weighted by molar-refractivity contribution is -0.0226. The first-order valence-electron chi connectivity index (χ1n) is 6.07. The summed E-state index contributed by atoms with van der Waals surface area (Å²) >= 11 is 0. The van der Waals surface area contributed by atoms with Gasteiger partial charge in [0.1, 0.15) is 12.5 Å². The van der Waals surface area contributed by atoms with Crippen LogP contribution in [0.1, 0.15) is 23.6 Å². The zero-order valence-corrected chi connectivity index (χ0v) is 11.2. The lowest BCUT2D eigenvalue weighted by atomic mass is 10.1. The molecule has 2 N–H and O–H groups in total. The molecule has 0 saturated carbocycles. The molecular formula is C14H13NO4S. The maximum Gasteiger partial charge on any atom is 0.248 e. The summed E-state index contributed by atoms with van der Waals surface area (Å²) in [6, 6.07) is 14.3. The summed E-state index contributed by atoms with van der Waals surface area (Å²) in [5, 5.41) is 20.4. The van der Waals surface area contributed by atoms with E-state index in [1.165, 1.54) is 12.1 Å². The highest BCUT2D eigenvalue weighted by Gasteiger charge is 2.44. The van der Waals surface area contributed by atoms with Gasteiger partial charge in [-0.05, 0) is 12.1 Å². The Bertz CT molecular complexity index is 701. The Morgan fingerprint density at radius 3 is 1.75 bits per heavy atom. The van der Waals surface area contributed by atoms with Crippen LogP contribution < -0.4 is 0 Å². The van der Waals surface area contributed by atoms with Gasteiger partial charge in [-0.1, -0.05) is 42.5 Å². The van der Waals surface area contributed by atoms with Gasteiger partial charge in [0.15, 0.2) is 0 Å². The maximum atomic E-state index is 12.5. The molecule has 104 valence electrons. The van der Waals surface area contributed by atoms with Crippen molar-refractivity contribution in [2.45, 2.75) is 17.4 Å². The van der Waals surface area contributed by atoms with E-state index < -0.39 is 22.5 Å². The van der Waals surface area contributed by atoms with E-state index in [0.29, 0.717) is 15.4 Å². The third kappa shape index (κ3) is 1.85. The quantitative estimate of drug-likeness (QED) is 0.876. The summed E-state index contributed by atoms with van der Waals surface area (Å²) in [4.78, 5) is 0.0332. The monoisotopic (exact) mass is 291 g/mol. The third-order valence-electron chi connectivity index (χ3n) is 3.35. The molecule has 1 aliphatic heterocycles. The van der Waals surface area contributed by atoms with Crippen molar-refractivity contribution in [1.82, 2.24) is 4.31 Å². The zero-order valence-electron chi connectivity index (χ0n) is 10.4. The van der Waals surface area contributed by atoms with E-state index in [4.69, 9.17) is 0 Å². The molecule has 6 heteroatoms. The average molecular weight is 291 g/mol. The number of nitrogens with zero attached hydrogens (tertiary/aromatic N) is 1. The van der Waals surface area contributed by atoms with E-state index in [1.54, 1.807) is 42.5 Å². The molecule has 1 aliphatic rings. The van der Waals surface area contributed by atoms with Gasteiger partial charge in [-0.3, -0.25) is 0 Å². The lowest BCUT2D eigenvalue weighted by Gasteiger charge is -2.23. The van der Waals surface area contributed by atoms with E-state index in [9.17, 15) is 18.6 Å². The molecule has 0 aliphatic carbocycles. The number of rotatable bonds is 2. The SMILES string of the molecule is O=S(=O)(c1ccccc1)N1C(O)c2ccccc2C1O. The van der Waals surface area contributed by atoms with Crippen LogP contribution in [0.2, 0.25) is 0 Å². The summed E-state index contributed by atoms with van der Waals surface area (Å²) in [7, 11) is -3.97. The number of hydrogen-bond acceptors (Lipinski definition) is 4. The van der Waals surface area contributed by atoms with Crippen LogP contribution in [-0.4, -0.2) is 22.9 Å². The highest BCUT2D eigenvalue weighted by Crippen LogP contribution is 2.42. The van der Waals surface area contributed by atoms with Crippen molar-refractivity contribution in [3.8, 4) is 0 Å². The van der Waals surface area contributed by atoms with Gasteiger partial charge in [-0.25, -0.2) is 8.42 Å². The highest BCUT2D eigenvalue weighted by molar-refractivity contribution is 7.89. The fraction of sp³-hybridized carbons (Fsp3) is 0.143. The minimum Gasteiger partial charge on any atom is -0.373 e. The summed E-state index contributed by atoms with van der Waals surface area (Å²) in [6.45, 7) is 0. The highest BCUT2D eigenvalue weighted by atomic mass is 32.2. The Morgan fingerprint density at radius 1 is 0.800 bits per heavy atom. The number of aliphatic hydroxyl groups is 2. The predicted molar refractivity (Wildman–Crippen MR) is 71.8 cm³/mol. The van der Waals surface area contributed by atoms with Crippen molar-refractivity contribution in [2.24, 2.45) is 0 Å². The predicted octanol–water partition coefficient (Wildman–Crippen LogP) is 1.37. The molecule has 0 spiro atoms. The van der Waals surface area contributed by atoms with Crippen molar-refractivity contribution in [3.05, 3.63) is 65.7 Å². The zero-order chi connectivity index (χ0) is 14.3. The van der Waals surface area contributed by atoms with Crippen molar-refractivity contribution in [1.29, 1.82) is 0 Å². The Kier molecular flexibility index (Phi) is 3.10. The first-order valence-corrected chi connectivity index (χ1v) is 7.51. The molecule has 0 fully saturated rings. The molecule has 2 aromatic carbocycles. The van der Waals surface area contributed by atoms with Crippen molar-refractivity contribution >= 4 is 10.0 Å². The van der Waals surface area contributed by atoms with E-state index >= 15 is 0 Å². The second-order valence-corrected chi connectivity index (χ2v) is 6.37. The second-order valence-electron chi connectivity index (χ2n) is 4.52. The van der Waals surface area contributed by atoms with Gasteiger partial charge in [0.05, 0.1) is 4.90 Å². The first-order chi connectivity index (χ1) is 9.53. The fourth-order valence-electron chi connectivity index (χ4n) is 2.37. The van der Waals surface area contributed by atoms with Crippen molar-refractivity contribution < 1.29 is 18.6 Å². The number of sulfonamides is 1. The summed E-state index contributed by atoms with van der Waals surface area (Å²) in [6.07, 6.45) is -2.77. The van der Waals surface area contributed by atoms with Gasteiger partial charge in [-0.2, -0.15) is 0 Å². The number of aliphatic hydroxyl groups excluding tert-OH is 2. The van der Waals surface area contributed by atoms with Crippen molar-refractivity contribution in [2.75, 3.05) is 0 Å². The number of benzene rings is 2. The average Bonchev–Trinajstić information content (AvgIpc) is 2.73. The Labute approximate surface area is 116 Å². The molecule has 2 atom stereocenters. The molecular weight excluding hydrogens is 278 g/mol. The van der Waals surface area contributed by atoms with Crippen LogP contribution >= 0.6 is 0 Å². The normalized spacial score (nSPS) is 22.7. The second kappa shape index (κ2) is 4.68. The van der Waals surface area contributed by atoms with Crippen LogP contribution in [0.5, 0.6) is 0 Å². The fourth-order valence-corrected chi connectivity index (χ4v) is 3.86. The Morgan fingerprint density at radius 2 is 1.25 bits per heavy atom.